The molecule has 2 heterocycles. The molecule has 142 valence electrons. The van der Waals surface area contributed by atoms with Crippen molar-refractivity contribution in [3.63, 3.8) is 0 Å². The van der Waals surface area contributed by atoms with Gasteiger partial charge in [0, 0.05) is 50.4 Å². The molecule has 0 atom stereocenters. The second kappa shape index (κ2) is 8.42. The lowest BCUT2D eigenvalue weighted by Crippen LogP contribution is -2.35. The summed E-state index contributed by atoms with van der Waals surface area (Å²) in [4.78, 5) is 4.41. The zero-order valence-electron chi connectivity index (χ0n) is 15.7. The molecule has 0 spiro atoms. The molecule has 0 bridgehead atoms. The van der Waals surface area contributed by atoms with Crippen LogP contribution in [0, 0.1) is 0 Å². The van der Waals surface area contributed by atoms with Gasteiger partial charge >= 0.3 is 0 Å². The highest BCUT2D eigenvalue weighted by atomic mass is 16.5. The molecule has 0 unspecified atom stereocenters. The van der Waals surface area contributed by atoms with Crippen LogP contribution < -0.4 is 9.64 Å². The van der Waals surface area contributed by atoms with Crippen LogP contribution in [0.5, 0.6) is 11.5 Å². The molecule has 1 saturated heterocycles. The van der Waals surface area contributed by atoms with Gasteiger partial charge in [0.05, 0.1) is 25.9 Å². The molecule has 1 aliphatic heterocycles. The minimum atomic E-state index is 0.120. The summed E-state index contributed by atoms with van der Waals surface area (Å²) in [7, 11) is 1.62. The molecule has 1 aliphatic rings. The number of morpholine rings is 1. The Balaban J connectivity index is 1.90. The Morgan fingerprint density at radius 1 is 1.19 bits per heavy atom. The fraction of sp³-hybridized carbons (Fsp3) is 0.526. The van der Waals surface area contributed by atoms with Crippen molar-refractivity contribution in [2.45, 2.75) is 20.4 Å². The van der Waals surface area contributed by atoms with Crippen molar-refractivity contribution >= 4 is 5.82 Å². The molecule has 1 aromatic carbocycles. The highest BCUT2D eigenvalue weighted by Crippen LogP contribution is 2.37. The predicted molar refractivity (Wildman–Crippen MR) is 99.8 cm³/mol. The topological polar surface area (TPSA) is 71.2 Å². The summed E-state index contributed by atoms with van der Waals surface area (Å²) >= 11 is 0. The van der Waals surface area contributed by atoms with Gasteiger partial charge in [0.1, 0.15) is 11.5 Å². The highest BCUT2D eigenvalue weighted by molar-refractivity contribution is 5.70. The van der Waals surface area contributed by atoms with E-state index in [1.54, 1.807) is 13.2 Å². The van der Waals surface area contributed by atoms with E-state index >= 15 is 0 Å². The van der Waals surface area contributed by atoms with E-state index in [1.165, 1.54) is 0 Å². The summed E-state index contributed by atoms with van der Waals surface area (Å²) in [5.74, 6) is 2.11. The van der Waals surface area contributed by atoms with E-state index in [2.05, 4.69) is 28.8 Å². The van der Waals surface area contributed by atoms with E-state index in [0.29, 0.717) is 17.1 Å². The largest absolute Gasteiger partial charge is 0.507 e. The number of anilines is 1. The second-order valence-corrected chi connectivity index (χ2v) is 6.29. The lowest BCUT2D eigenvalue weighted by atomic mass is 10.1. The summed E-state index contributed by atoms with van der Waals surface area (Å²) in [6, 6.07) is 5.44. The first-order chi connectivity index (χ1) is 12.7. The molecule has 1 aromatic heterocycles. The first-order valence-electron chi connectivity index (χ1n) is 9.08. The summed E-state index contributed by atoms with van der Waals surface area (Å²) in [5, 5.41) is 14.6. The Morgan fingerprint density at radius 3 is 2.58 bits per heavy atom. The number of phenols is 1. The maximum Gasteiger partial charge on any atom is 0.172 e. The van der Waals surface area contributed by atoms with Crippen molar-refractivity contribution in [2.24, 2.45) is 0 Å². The lowest BCUT2D eigenvalue weighted by Gasteiger charge is -2.27. The third kappa shape index (κ3) is 3.94. The average molecular weight is 361 g/mol. The van der Waals surface area contributed by atoms with E-state index < -0.39 is 0 Å². The number of ether oxygens (including phenoxy) is 2. The van der Waals surface area contributed by atoms with E-state index in [4.69, 9.17) is 14.0 Å². The number of benzene rings is 1. The molecular weight excluding hydrogens is 334 g/mol. The lowest BCUT2D eigenvalue weighted by molar-refractivity contribution is 0.0339. The Morgan fingerprint density at radius 2 is 1.92 bits per heavy atom. The van der Waals surface area contributed by atoms with Crippen molar-refractivity contribution in [1.29, 1.82) is 0 Å². The molecule has 0 saturated carbocycles. The second-order valence-electron chi connectivity index (χ2n) is 6.29. The van der Waals surface area contributed by atoms with E-state index in [-0.39, 0.29) is 5.75 Å². The van der Waals surface area contributed by atoms with Crippen molar-refractivity contribution in [3.8, 4) is 22.8 Å². The summed E-state index contributed by atoms with van der Waals surface area (Å²) < 4.78 is 16.4. The van der Waals surface area contributed by atoms with Crippen LogP contribution in [0.3, 0.4) is 0 Å². The molecule has 0 aliphatic carbocycles. The maximum absolute atomic E-state index is 10.5. The molecule has 2 aromatic rings. The predicted octanol–water partition coefficient (Wildman–Crippen LogP) is 2.73. The molecule has 7 nitrogen and oxygen atoms in total. The minimum absolute atomic E-state index is 0.120. The van der Waals surface area contributed by atoms with Crippen LogP contribution >= 0.6 is 0 Å². The van der Waals surface area contributed by atoms with Gasteiger partial charge in [-0.1, -0.05) is 5.16 Å². The first-order valence-corrected chi connectivity index (χ1v) is 9.08. The summed E-state index contributed by atoms with van der Waals surface area (Å²) in [6.07, 6.45) is 0. The van der Waals surface area contributed by atoms with Crippen molar-refractivity contribution < 1.29 is 19.1 Å². The van der Waals surface area contributed by atoms with Gasteiger partial charge in [-0.05, 0) is 19.9 Å². The average Bonchev–Trinajstić information content (AvgIpc) is 3.14. The number of phenolic OH excluding ortho intramolecular Hbond substituents is 1. The smallest absolute Gasteiger partial charge is 0.172 e. The summed E-state index contributed by atoms with van der Waals surface area (Å²) in [6.45, 7) is 9.81. The quantitative estimate of drug-likeness (QED) is 0.813. The van der Waals surface area contributed by atoms with Crippen LogP contribution in [0.4, 0.5) is 5.82 Å². The number of aromatic nitrogens is 1. The van der Waals surface area contributed by atoms with Gasteiger partial charge in [-0.25, -0.2) is 0 Å². The number of nitrogens with zero attached hydrogens (tertiary/aromatic N) is 3. The minimum Gasteiger partial charge on any atom is -0.507 e. The van der Waals surface area contributed by atoms with Crippen LogP contribution in [0.15, 0.2) is 22.7 Å². The fourth-order valence-corrected chi connectivity index (χ4v) is 3.21. The van der Waals surface area contributed by atoms with Crippen LogP contribution in [0.2, 0.25) is 0 Å². The fourth-order valence-electron chi connectivity index (χ4n) is 3.21. The number of aromatic hydroxyl groups is 1. The zero-order chi connectivity index (χ0) is 18.5. The number of hydrogen-bond acceptors (Lipinski definition) is 7. The van der Waals surface area contributed by atoms with E-state index in [1.807, 2.05) is 12.1 Å². The molecule has 3 rings (SSSR count). The van der Waals surface area contributed by atoms with Gasteiger partial charge < -0.3 is 24.0 Å². The maximum atomic E-state index is 10.5. The van der Waals surface area contributed by atoms with Crippen LogP contribution in [0.1, 0.15) is 19.4 Å². The molecule has 7 heteroatoms. The van der Waals surface area contributed by atoms with Gasteiger partial charge in [-0.15, -0.1) is 0 Å². The normalized spacial score (nSPS) is 15.2. The SMILES string of the molecule is CCN(CC)c1cc(-c2cc(CN3CCOCC3)c(OC)cc2O)on1. The molecular formula is C19H27N3O4. The Labute approximate surface area is 154 Å². The van der Waals surface area contributed by atoms with Gasteiger partial charge in [0.2, 0.25) is 0 Å². The van der Waals surface area contributed by atoms with Gasteiger partial charge in [-0.3, -0.25) is 4.90 Å². The van der Waals surface area contributed by atoms with E-state index in [9.17, 15) is 5.11 Å². The van der Waals surface area contributed by atoms with Crippen LogP contribution in [-0.4, -0.2) is 61.7 Å². The third-order valence-corrected chi connectivity index (χ3v) is 4.75. The Hall–Kier alpha value is -2.25. The molecule has 1 N–H and O–H groups in total. The van der Waals surface area contributed by atoms with Crippen molar-refractivity contribution in [3.05, 3.63) is 23.8 Å². The summed E-state index contributed by atoms with van der Waals surface area (Å²) in [5.41, 5.74) is 1.63. The van der Waals surface area contributed by atoms with Crippen LogP contribution in [0.25, 0.3) is 11.3 Å². The van der Waals surface area contributed by atoms with Crippen molar-refractivity contribution in [1.82, 2.24) is 10.1 Å². The third-order valence-electron chi connectivity index (χ3n) is 4.75. The zero-order valence-corrected chi connectivity index (χ0v) is 15.7. The Bertz CT molecular complexity index is 722. The molecule has 26 heavy (non-hydrogen) atoms. The first kappa shape index (κ1) is 18.5. The monoisotopic (exact) mass is 361 g/mol. The van der Waals surface area contributed by atoms with Crippen molar-refractivity contribution in [2.75, 3.05) is 51.4 Å². The van der Waals surface area contributed by atoms with E-state index in [0.717, 1.165) is 57.3 Å². The molecule has 0 amide bonds. The number of rotatable bonds is 7. The molecule has 0 radical (unpaired) electrons. The van der Waals surface area contributed by atoms with Gasteiger partial charge in [0.25, 0.3) is 0 Å². The van der Waals surface area contributed by atoms with Crippen LogP contribution in [-0.2, 0) is 11.3 Å². The number of hydrogen-bond donors (Lipinski definition) is 1. The standard InChI is InChI=1S/C19H27N3O4/c1-4-22(5-2)19-12-18(26-20-19)15-10-14(17(24-3)11-16(15)23)13-21-6-8-25-9-7-21/h10-12,23H,4-9,13H2,1-3H3. The number of methoxy groups -OCH3 is 1. The Kier molecular flexibility index (Phi) is 6.00. The van der Waals surface area contributed by atoms with Gasteiger partial charge in [-0.2, -0.15) is 0 Å². The molecule has 1 fully saturated rings. The highest BCUT2D eigenvalue weighted by Gasteiger charge is 2.19. The van der Waals surface area contributed by atoms with Gasteiger partial charge in [0.15, 0.2) is 11.6 Å².